The lowest BCUT2D eigenvalue weighted by molar-refractivity contribution is -0.139. The van der Waals surface area contributed by atoms with Crippen LogP contribution >= 0.6 is 0 Å². The normalized spacial score (nSPS) is 12.0. The molecule has 0 aliphatic heterocycles. The summed E-state index contributed by atoms with van der Waals surface area (Å²) in [6.45, 7) is 0.473. The van der Waals surface area contributed by atoms with Gasteiger partial charge in [-0.1, -0.05) is 12.1 Å². The van der Waals surface area contributed by atoms with Crippen LogP contribution in [0.1, 0.15) is 18.4 Å². The number of carbonyl (C=O) groups is 2. The fourth-order valence-electron chi connectivity index (χ4n) is 1.65. The van der Waals surface area contributed by atoms with Crippen LogP contribution < -0.4 is 11.1 Å². The van der Waals surface area contributed by atoms with Crippen molar-refractivity contribution < 1.29 is 19.8 Å². The number of phenols is 1. The molecule has 5 N–H and O–H groups in total. The molecule has 1 atom stereocenters. The summed E-state index contributed by atoms with van der Waals surface area (Å²) < 4.78 is 0. The first kappa shape index (κ1) is 15.0. The molecule has 0 heterocycles. The van der Waals surface area contributed by atoms with Gasteiger partial charge in [0.2, 0.25) is 5.91 Å². The van der Waals surface area contributed by atoms with Gasteiger partial charge in [0.15, 0.2) is 0 Å². The Labute approximate surface area is 111 Å². The molecule has 1 rings (SSSR count). The first-order valence-electron chi connectivity index (χ1n) is 6.01. The fourth-order valence-corrected chi connectivity index (χ4v) is 1.65. The Morgan fingerprint density at radius 3 is 2.42 bits per heavy atom. The lowest BCUT2D eigenvalue weighted by Gasteiger charge is -2.13. The molecular formula is C13H18N2O4. The predicted molar refractivity (Wildman–Crippen MR) is 69.7 cm³/mol. The molecule has 0 fully saturated rings. The van der Waals surface area contributed by atoms with Gasteiger partial charge >= 0.3 is 5.97 Å². The van der Waals surface area contributed by atoms with Crippen molar-refractivity contribution in [3.63, 3.8) is 0 Å². The number of phenolic OH excluding ortho intramolecular Hbond substituents is 1. The van der Waals surface area contributed by atoms with Crippen molar-refractivity contribution >= 4 is 11.9 Å². The number of hydrogen-bond acceptors (Lipinski definition) is 4. The van der Waals surface area contributed by atoms with Crippen LogP contribution in [0.4, 0.5) is 0 Å². The van der Waals surface area contributed by atoms with Crippen LogP contribution in [-0.4, -0.2) is 34.7 Å². The number of carboxylic acids is 1. The summed E-state index contributed by atoms with van der Waals surface area (Å²) in [5.41, 5.74) is 5.98. The number of carboxylic acid groups (broad SMARTS) is 1. The fraction of sp³-hybridized carbons (Fsp3) is 0.385. The molecule has 1 amide bonds. The van der Waals surface area contributed by atoms with E-state index in [1.54, 1.807) is 24.3 Å². The molecule has 0 aromatic heterocycles. The Hall–Kier alpha value is -2.08. The van der Waals surface area contributed by atoms with Gasteiger partial charge in [0, 0.05) is 6.42 Å². The van der Waals surface area contributed by atoms with E-state index in [1.807, 2.05) is 0 Å². The highest BCUT2D eigenvalue weighted by molar-refractivity contribution is 5.77. The standard InChI is InChI=1S/C13H18N2O4/c14-12(17)6-5-11(13(18)19)15-8-7-9-1-3-10(16)4-2-9/h1-4,11,15-16H,5-8H2,(H2,14,17)(H,18,19). The number of benzene rings is 1. The van der Waals surface area contributed by atoms with Crippen LogP contribution in [0.15, 0.2) is 24.3 Å². The summed E-state index contributed by atoms with van der Waals surface area (Å²) in [7, 11) is 0. The first-order valence-corrected chi connectivity index (χ1v) is 6.01. The number of amides is 1. The molecule has 6 heteroatoms. The van der Waals surface area contributed by atoms with Gasteiger partial charge in [0.1, 0.15) is 11.8 Å². The maximum Gasteiger partial charge on any atom is 0.320 e. The second kappa shape index (κ2) is 7.38. The third kappa shape index (κ3) is 5.87. The summed E-state index contributed by atoms with van der Waals surface area (Å²) in [5.74, 6) is -1.31. The van der Waals surface area contributed by atoms with Gasteiger partial charge in [-0.2, -0.15) is 0 Å². The van der Waals surface area contributed by atoms with Crippen molar-refractivity contribution in [2.24, 2.45) is 5.73 Å². The zero-order chi connectivity index (χ0) is 14.3. The molecular weight excluding hydrogens is 248 g/mol. The number of nitrogens with two attached hydrogens (primary N) is 1. The van der Waals surface area contributed by atoms with Crippen LogP contribution in [0.5, 0.6) is 5.75 Å². The number of aliphatic carboxylic acids is 1. The Morgan fingerprint density at radius 1 is 1.26 bits per heavy atom. The average Bonchev–Trinajstić information content (AvgIpc) is 2.35. The number of aromatic hydroxyl groups is 1. The van der Waals surface area contributed by atoms with Gasteiger partial charge in [0.05, 0.1) is 0 Å². The highest BCUT2D eigenvalue weighted by Gasteiger charge is 2.16. The number of hydrogen-bond donors (Lipinski definition) is 4. The summed E-state index contributed by atoms with van der Waals surface area (Å²) in [6, 6.07) is 5.94. The molecule has 0 saturated heterocycles. The summed E-state index contributed by atoms with van der Waals surface area (Å²) in [5, 5.41) is 21.0. The molecule has 19 heavy (non-hydrogen) atoms. The van der Waals surface area contributed by atoms with E-state index in [9.17, 15) is 9.59 Å². The maximum atomic E-state index is 11.0. The number of nitrogens with one attached hydrogen (secondary N) is 1. The second-order valence-electron chi connectivity index (χ2n) is 4.27. The summed E-state index contributed by atoms with van der Waals surface area (Å²) >= 11 is 0. The molecule has 0 saturated carbocycles. The topological polar surface area (TPSA) is 113 Å². The first-order chi connectivity index (χ1) is 8.99. The van der Waals surface area contributed by atoms with E-state index < -0.39 is 17.9 Å². The van der Waals surface area contributed by atoms with Gasteiger partial charge in [-0.15, -0.1) is 0 Å². The zero-order valence-electron chi connectivity index (χ0n) is 10.5. The lowest BCUT2D eigenvalue weighted by Crippen LogP contribution is -2.38. The third-order valence-corrected chi connectivity index (χ3v) is 2.72. The van der Waals surface area contributed by atoms with E-state index >= 15 is 0 Å². The van der Waals surface area contributed by atoms with E-state index in [0.717, 1.165) is 5.56 Å². The van der Waals surface area contributed by atoms with Crippen LogP contribution in [-0.2, 0) is 16.0 Å². The van der Waals surface area contributed by atoms with E-state index in [1.165, 1.54) is 0 Å². The van der Waals surface area contributed by atoms with Crippen molar-refractivity contribution in [1.82, 2.24) is 5.32 Å². The molecule has 0 aliphatic carbocycles. The number of carbonyl (C=O) groups excluding carboxylic acids is 1. The zero-order valence-corrected chi connectivity index (χ0v) is 10.5. The molecule has 0 aliphatic rings. The minimum Gasteiger partial charge on any atom is -0.508 e. The Kier molecular flexibility index (Phi) is 5.81. The molecule has 0 bridgehead atoms. The number of rotatable bonds is 8. The van der Waals surface area contributed by atoms with Gasteiger partial charge in [-0.05, 0) is 37.1 Å². The minimum atomic E-state index is -0.994. The lowest BCUT2D eigenvalue weighted by atomic mass is 10.1. The van der Waals surface area contributed by atoms with Gasteiger partial charge in [-0.25, -0.2) is 0 Å². The van der Waals surface area contributed by atoms with Crippen molar-refractivity contribution in [2.45, 2.75) is 25.3 Å². The van der Waals surface area contributed by atoms with E-state index in [4.69, 9.17) is 15.9 Å². The minimum absolute atomic E-state index is 0.0448. The van der Waals surface area contributed by atoms with Crippen LogP contribution in [0.3, 0.4) is 0 Å². The SMILES string of the molecule is NC(=O)CCC(NCCc1ccc(O)cc1)C(=O)O. The third-order valence-electron chi connectivity index (χ3n) is 2.72. The monoisotopic (exact) mass is 266 g/mol. The van der Waals surface area contributed by atoms with Gasteiger partial charge < -0.3 is 21.3 Å². The van der Waals surface area contributed by atoms with Crippen molar-refractivity contribution in [3.8, 4) is 5.75 Å². The Morgan fingerprint density at radius 2 is 1.89 bits per heavy atom. The van der Waals surface area contributed by atoms with Crippen LogP contribution in [0, 0.1) is 0 Å². The molecule has 1 aromatic carbocycles. The number of primary amides is 1. The quantitative estimate of drug-likeness (QED) is 0.538. The largest absolute Gasteiger partial charge is 0.508 e. The summed E-state index contributed by atoms with van der Waals surface area (Å²) in [6.07, 6.45) is 0.865. The van der Waals surface area contributed by atoms with Crippen molar-refractivity contribution in [1.29, 1.82) is 0 Å². The smallest absolute Gasteiger partial charge is 0.320 e. The molecule has 1 unspecified atom stereocenters. The molecule has 0 spiro atoms. The Balaban J connectivity index is 2.37. The molecule has 104 valence electrons. The van der Waals surface area contributed by atoms with Gasteiger partial charge in [0.25, 0.3) is 0 Å². The highest BCUT2D eigenvalue weighted by atomic mass is 16.4. The average molecular weight is 266 g/mol. The van der Waals surface area contributed by atoms with E-state index in [-0.39, 0.29) is 18.6 Å². The van der Waals surface area contributed by atoms with Gasteiger partial charge in [-0.3, -0.25) is 9.59 Å². The van der Waals surface area contributed by atoms with E-state index in [2.05, 4.69) is 5.32 Å². The van der Waals surface area contributed by atoms with Crippen molar-refractivity contribution in [2.75, 3.05) is 6.54 Å². The highest BCUT2D eigenvalue weighted by Crippen LogP contribution is 2.09. The maximum absolute atomic E-state index is 11.0. The molecule has 0 radical (unpaired) electrons. The van der Waals surface area contributed by atoms with Crippen LogP contribution in [0.25, 0.3) is 0 Å². The van der Waals surface area contributed by atoms with Crippen molar-refractivity contribution in [3.05, 3.63) is 29.8 Å². The second-order valence-corrected chi connectivity index (χ2v) is 4.27. The predicted octanol–water partition coefficient (Wildman–Crippen LogP) is 0.243. The van der Waals surface area contributed by atoms with E-state index in [0.29, 0.717) is 13.0 Å². The molecule has 1 aromatic rings. The Bertz CT molecular complexity index is 431. The molecule has 6 nitrogen and oxygen atoms in total. The summed E-state index contributed by atoms with van der Waals surface area (Å²) in [4.78, 5) is 21.6. The van der Waals surface area contributed by atoms with Crippen LogP contribution in [0.2, 0.25) is 0 Å².